The number of nitrogens with one attached hydrogen (secondary N) is 2. The Kier molecular flexibility index (Phi) is 3.60. The van der Waals surface area contributed by atoms with E-state index in [1.54, 1.807) is 0 Å². The van der Waals surface area contributed by atoms with Crippen molar-refractivity contribution in [2.75, 3.05) is 18.4 Å². The Morgan fingerprint density at radius 2 is 2.41 bits per heavy atom. The van der Waals surface area contributed by atoms with Crippen molar-refractivity contribution in [2.24, 2.45) is 0 Å². The lowest BCUT2D eigenvalue weighted by Gasteiger charge is -2.14. The van der Waals surface area contributed by atoms with E-state index in [2.05, 4.69) is 21.7 Å². The summed E-state index contributed by atoms with van der Waals surface area (Å²) in [6.07, 6.45) is 2.45. The van der Waals surface area contributed by atoms with Gasteiger partial charge in [-0.2, -0.15) is 5.26 Å². The smallest absolute Gasteiger partial charge is 0.103 e. The zero-order chi connectivity index (χ0) is 12.3. The van der Waals surface area contributed by atoms with Crippen LogP contribution in [0.4, 0.5) is 5.69 Å². The molecule has 1 aliphatic heterocycles. The summed E-state index contributed by atoms with van der Waals surface area (Å²) in [4.78, 5) is 4.31. The fraction of sp³-hybridized carbons (Fsp3) is 0.538. The molecule has 0 aliphatic carbocycles. The van der Waals surface area contributed by atoms with Crippen LogP contribution in [0.2, 0.25) is 0 Å². The quantitative estimate of drug-likeness (QED) is 0.830. The summed E-state index contributed by atoms with van der Waals surface area (Å²) in [7, 11) is 0. The van der Waals surface area contributed by atoms with Gasteiger partial charge >= 0.3 is 0 Å². The molecule has 90 valence electrons. The SMILES string of the molecule is Cc1cc(NCC2CCCN2)c(C#N)c(C)n1. The van der Waals surface area contributed by atoms with Gasteiger partial charge in [0.2, 0.25) is 0 Å². The highest BCUT2D eigenvalue weighted by atomic mass is 15.0. The predicted molar refractivity (Wildman–Crippen MR) is 67.9 cm³/mol. The topological polar surface area (TPSA) is 60.7 Å². The fourth-order valence-corrected chi connectivity index (χ4v) is 2.27. The Balaban J connectivity index is 2.11. The Labute approximate surface area is 102 Å². The maximum absolute atomic E-state index is 9.14. The van der Waals surface area contributed by atoms with E-state index in [0.717, 1.165) is 30.2 Å². The molecule has 0 bridgehead atoms. The van der Waals surface area contributed by atoms with Gasteiger partial charge in [-0.25, -0.2) is 0 Å². The monoisotopic (exact) mass is 230 g/mol. The number of anilines is 1. The van der Waals surface area contributed by atoms with Gasteiger partial charge in [-0.3, -0.25) is 4.98 Å². The summed E-state index contributed by atoms with van der Waals surface area (Å²) in [5.74, 6) is 0. The van der Waals surface area contributed by atoms with Crippen LogP contribution >= 0.6 is 0 Å². The molecule has 2 N–H and O–H groups in total. The van der Waals surface area contributed by atoms with Crippen molar-refractivity contribution in [1.29, 1.82) is 5.26 Å². The first-order valence-electron chi connectivity index (χ1n) is 6.06. The number of nitriles is 1. The van der Waals surface area contributed by atoms with Crippen molar-refractivity contribution in [2.45, 2.75) is 32.7 Å². The Hall–Kier alpha value is -1.60. The zero-order valence-corrected chi connectivity index (χ0v) is 10.4. The van der Waals surface area contributed by atoms with Crippen molar-refractivity contribution >= 4 is 5.69 Å². The van der Waals surface area contributed by atoms with Crippen LogP contribution in [0.5, 0.6) is 0 Å². The molecular formula is C13H18N4. The number of hydrogen-bond donors (Lipinski definition) is 2. The number of pyridine rings is 1. The van der Waals surface area contributed by atoms with Gasteiger partial charge in [0.25, 0.3) is 0 Å². The van der Waals surface area contributed by atoms with Gasteiger partial charge in [-0.05, 0) is 39.3 Å². The van der Waals surface area contributed by atoms with E-state index in [0.29, 0.717) is 11.6 Å². The minimum Gasteiger partial charge on any atom is -0.382 e. The van der Waals surface area contributed by atoms with E-state index < -0.39 is 0 Å². The first kappa shape index (κ1) is 11.9. The summed E-state index contributed by atoms with van der Waals surface area (Å²) in [5.41, 5.74) is 3.32. The lowest BCUT2D eigenvalue weighted by atomic mass is 10.1. The molecule has 4 nitrogen and oxygen atoms in total. The van der Waals surface area contributed by atoms with Crippen molar-refractivity contribution in [1.82, 2.24) is 10.3 Å². The summed E-state index contributed by atoms with van der Waals surface area (Å²) < 4.78 is 0. The first-order valence-corrected chi connectivity index (χ1v) is 6.06. The number of nitrogens with zero attached hydrogens (tertiary/aromatic N) is 2. The molecule has 0 aromatic carbocycles. The highest BCUT2D eigenvalue weighted by molar-refractivity contribution is 5.59. The van der Waals surface area contributed by atoms with Crippen LogP contribution in [0.1, 0.15) is 29.8 Å². The largest absolute Gasteiger partial charge is 0.382 e. The minimum atomic E-state index is 0.523. The average molecular weight is 230 g/mol. The molecule has 0 saturated carbocycles. The molecule has 4 heteroatoms. The number of hydrogen-bond acceptors (Lipinski definition) is 4. The Bertz CT molecular complexity index is 441. The second kappa shape index (κ2) is 5.15. The normalized spacial score (nSPS) is 19.0. The predicted octanol–water partition coefficient (Wildman–Crippen LogP) is 1.73. The van der Waals surface area contributed by atoms with Crippen LogP contribution in [0, 0.1) is 25.2 Å². The highest BCUT2D eigenvalue weighted by Gasteiger charge is 2.15. The van der Waals surface area contributed by atoms with Crippen LogP contribution in [0.3, 0.4) is 0 Å². The molecule has 17 heavy (non-hydrogen) atoms. The van der Waals surface area contributed by atoms with E-state index >= 15 is 0 Å². The maximum Gasteiger partial charge on any atom is 0.103 e. The summed E-state index contributed by atoms with van der Waals surface area (Å²) in [5, 5.41) is 15.9. The van der Waals surface area contributed by atoms with Crippen molar-refractivity contribution in [3.63, 3.8) is 0 Å². The third-order valence-corrected chi connectivity index (χ3v) is 3.14. The van der Waals surface area contributed by atoms with Crippen molar-refractivity contribution in [3.05, 3.63) is 23.0 Å². The summed E-state index contributed by atoms with van der Waals surface area (Å²) in [6.45, 7) is 5.81. The molecular weight excluding hydrogens is 212 g/mol. The van der Waals surface area contributed by atoms with Crippen LogP contribution < -0.4 is 10.6 Å². The minimum absolute atomic E-state index is 0.523. The Morgan fingerprint density at radius 3 is 3.06 bits per heavy atom. The lowest BCUT2D eigenvalue weighted by molar-refractivity contribution is 0.633. The zero-order valence-electron chi connectivity index (χ0n) is 10.4. The molecule has 1 saturated heterocycles. The molecule has 1 aromatic rings. The van der Waals surface area contributed by atoms with Gasteiger partial charge in [0.05, 0.1) is 16.9 Å². The summed E-state index contributed by atoms with van der Waals surface area (Å²) in [6, 6.07) is 4.69. The molecule has 0 spiro atoms. The molecule has 1 unspecified atom stereocenters. The molecule has 1 aromatic heterocycles. The number of rotatable bonds is 3. The van der Waals surface area contributed by atoms with Crippen molar-refractivity contribution < 1.29 is 0 Å². The van der Waals surface area contributed by atoms with Crippen LogP contribution in [0.25, 0.3) is 0 Å². The van der Waals surface area contributed by atoms with Gasteiger partial charge in [0.1, 0.15) is 6.07 Å². The average Bonchev–Trinajstić information content (AvgIpc) is 2.78. The molecule has 2 heterocycles. The van der Waals surface area contributed by atoms with Gasteiger partial charge in [0.15, 0.2) is 0 Å². The highest BCUT2D eigenvalue weighted by Crippen LogP contribution is 2.19. The maximum atomic E-state index is 9.14. The fourth-order valence-electron chi connectivity index (χ4n) is 2.27. The van der Waals surface area contributed by atoms with E-state index in [1.807, 2.05) is 19.9 Å². The van der Waals surface area contributed by atoms with Gasteiger partial charge in [-0.15, -0.1) is 0 Å². The molecule has 1 fully saturated rings. The third-order valence-electron chi connectivity index (χ3n) is 3.14. The molecule has 1 aliphatic rings. The molecule has 2 rings (SSSR count). The second-order valence-electron chi connectivity index (χ2n) is 4.56. The van der Waals surface area contributed by atoms with Crippen LogP contribution in [-0.2, 0) is 0 Å². The standard InChI is InChI=1S/C13H18N4/c1-9-6-13(12(7-14)10(2)17-9)16-8-11-4-3-5-15-11/h6,11,15H,3-5,8H2,1-2H3,(H,16,17). The van der Waals surface area contributed by atoms with E-state index in [9.17, 15) is 0 Å². The van der Waals surface area contributed by atoms with Gasteiger partial charge < -0.3 is 10.6 Å². The number of aryl methyl sites for hydroxylation is 2. The van der Waals surface area contributed by atoms with E-state index in [4.69, 9.17) is 5.26 Å². The first-order chi connectivity index (χ1) is 8.20. The van der Waals surface area contributed by atoms with E-state index in [1.165, 1.54) is 12.8 Å². The van der Waals surface area contributed by atoms with E-state index in [-0.39, 0.29) is 0 Å². The van der Waals surface area contributed by atoms with Gasteiger partial charge in [0, 0.05) is 18.3 Å². The summed E-state index contributed by atoms with van der Waals surface area (Å²) >= 11 is 0. The molecule has 1 atom stereocenters. The second-order valence-corrected chi connectivity index (χ2v) is 4.56. The lowest BCUT2D eigenvalue weighted by Crippen LogP contribution is -2.29. The number of aromatic nitrogens is 1. The van der Waals surface area contributed by atoms with Crippen LogP contribution in [-0.4, -0.2) is 24.1 Å². The third kappa shape index (κ3) is 2.75. The molecule has 0 radical (unpaired) electrons. The van der Waals surface area contributed by atoms with Crippen LogP contribution in [0.15, 0.2) is 6.07 Å². The molecule has 0 amide bonds. The van der Waals surface area contributed by atoms with Crippen molar-refractivity contribution in [3.8, 4) is 6.07 Å². The Morgan fingerprint density at radius 1 is 1.59 bits per heavy atom. The van der Waals surface area contributed by atoms with Gasteiger partial charge in [-0.1, -0.05) is 0 Å².